The molecule has 30 nitrogen and oxygen atoms in total. The summed E-state index contributed by atoms with van der Waals surface area (Å²) >= 11 is 0.834. The number of H-pyrrole nitrogens is 2. The average Bonchev–Trinajstić information content (AvgIpc) is 1.79. The number of halogens is 1. The normalized spacial score (nSPS) is 22.3. The highest BCUT2D eigenvalue weighted by Gasteiger charge is 2.45. The van der Waals surface area contributed by atoms with Gasteiger partial charge < -0.3 is 92.9 Å². The number of hydrogen-bond acceptors (Lipinski definition) is 17. The first-order valence-electron chi connectivity index (χ1n) is 34.7. The molecule has 7 aromatic rings. The van der Waals surface area contributed by atoms with E-state index in [1.165, 1.54) is 82.9 Å². The molecule has 1 aliphatic heterocycles. The standard InChI is InChI=1S/C75H89FN14O16S/c1-41(93)81-58-36-80-64(96)40-107-39-63(74(105)88(3)61(66(77)97)30-44-15-22-48(76)23-16-44)90(5)75(106)65(45-20-21-45)86-69(100)57(31-46-34-78-53-14-10-9-13-51(46)53)83-68(99)56(32-47-35-79-54-27-26-50(95)33-52(47)54)84-71(102)62(38-92)89(4)73(104)60(28-19-42-11-7-6-8-12-42)87(2)72(103)59(37-91)85-67(98)55(82-70(58)101)29-43-17-24-49(94)25-18-43/h6-18,22-27,33-35,45,55-63,65,78-79,91-92,94-95H,19-21,28-32,36-40H2,1-5H3,(H2,77,97)(H,80,96)(H,81,93)(H,82,101)(H,83,99)(H,84,102)(H,85,98)(H,86,100)/t55-,56-,57-,58-,59-,60-,61-,62-,63-,65-/m0/s1. The predicted octanol–water partition coefficient (Wildman–Crippen LogP) is 0.0825. The monoisotopic (exact) mass is 1490 g/mol. The van der Waals surface area contributed by atoms with Crippen molar-refractivity contribution in [3.05, 3.63) is 167 Å². The van der Waals surface area contributed by atoms with Crippen molar-refractivity contribution >= 4 is 104 Å². The van der Waals surface area contributed by atoms with Crippen molar-refractivity contribution in [3.8, 4) is 11.5 Å². The summed E-state index contributed by atoms with van der Waals surface area (Å²) in [5, 5.41) is 62.5. The average molecular weight is 1490 g/mol. The van der Waals surface area contributed by atoms with Gasteiger partial charge in [-0.15, -0.1) is 11.8 Å². The minimum atomic E-state index is -1.85. The van der Waals surface area contributed by atoms with Gasteiger partial charge in [-0.25, -0.2) is 4.39 Å². The maximum absolute atomic E-state index is 15.5. The predicted molar refractivity (Wildman–Crippen MR) is 392 cm³/mol. The van der Waals surface area contributed by atoms with Crippen molar-refractivity contribution in [3.63, 3.8) is 0 Å². The van der Waals surface area contributed by atoms with Crippen LogP contribution in [0.15, 0.2) is 134 Å². The van der Waals surface area contributed by atoms with E-state index in [1.807, 2.05) is 0 Å². The van der Waals surface area contributed by atoms with E-state index in [-0.39, 0.29) is 55.8 Å². The number of carbonyl (C=O) groups excluding carboxylic acids is 12. The maximum Gasteiger partial charge on any atom is 0.247 e. The van der Waals surface area contributed by atoms with Crippen LogP contribution >= 0.6 is 11.8 Å². The van der Waals surface area contributed by atoms with Crippen LogP contribution < -0.4 is 43.0 Å². The number of likely N-dealkylation sites (N-methyl/N-ethyl adjacent to an activating group) is 4. The summed E-state index contributed by atoms with van der Waals surface area (Å²) in [6, 6.07) is 14.9. The Labute approximate surface area is 619 Å². The van der Waals surface area contributed by atoms with E-state index >= 15 is 28.8 Å². The van der Waals surface area contributed by atoms with Crippen molar-refractivity contribution in [2.24, 2.45) is 11.7 Å². The van der Waals surface area contributed by atoms with Gasteiger partial charge in [0.05, 0.1) is 19.0 Å². The maximum atomic E-state index is 15.5. The first-order valence-corrected chi connectivity index (χ1v) is 35.9. The molecule has 1 saturated heterocycles. The number of nitrogens with two attached hydrogens (primary N) is 1. The lowest BCUT2D eigenvalue weighted by atomic mass is 10.00. The third-order valence-corrected chi connectivity index (χ3v) is 20.3. The van der Waals surface area contributed by atoms with Crippen molar-refractivity contribution in [1.82, 2.24) is 66.8 Å². The number of rotatable bonds is 18. The molecule has 0 bridgehead atoms. The molecule has 1 saturated carbocycles. The number of benzene rings is 5. The molecular formula is C75H89FN14O16S. The minimum absolute atomic E-state index is 0.129. The number of fused-ring (bicyclic) bond motifs is 2. The van der Waals surface area contributed by atoms with Crippen LogP contribution in [0.1, 0.15) is 54.0 Å². The fraction of sp³-hybridized carbons (Fsp3) is 0.387. The number of amides is 12. The topological polar surface area (TPSA) is 441 Å². The second kappa shape index (κ2) is 36.6. The number of nitrogens with zero attached hydrogens (tertiary/aromatic N) is 4. The molecule has 2 fully saturated rings. The number of aromatic amines is 2. The molecule has 2 aromatic heterocycles. The van der Waals surface area contributed by atoms with Gasteiger partial charge in [0.15, 0.2) is 0 Å². The van der Waals surface area contributed by atoms with Crippen molar-refractivity contribution < 1.29 is 82.4 Å². The summed E-state index contributed by atoms with van der Waals surface area (Å²) in [5.74, 6) is -13.5. The van der Waals surface area contributed by atoms with E-state index in [4.69, 9.17) is 5.73 Å². The van der Waals surface area contributed by atoms with Gasteiger partial charge >= 0.3 is 0 Å². The Morgan fingerprint density at radius 1 is 0.607 bits per heavy atom. The molecule has 0 radical (unpaired) electrons. The molecule has 0 unspecified atom stereocenters. The summed E-state index contributed by atoms with van der Waals surface area (Å²) in [6.45, 7) is -1.69. The second-order valence-corrected chi connectivity index (χ2v) is 27.8. The summed E-state index contributed by atoms with van der Waals surface area (Å²) in [7, 11) is 4.96. The number of primary amides is 1. The Balaban J connectivity index is 1.12. The molecule has 568 valence electrons. The summed E-state index contributed by atoms with van der Waals surface area (Å²) < 4.78 is 14.1. The van der Waals surface area contributed by atoms with Crippen molar-refractivity contribution in [2.75, 3.05) is 59.5 Å². The van der Waals surface area contributed by atoms with E-state index in [0.29, 0.717) is 62.5 Å². The van der Waals surface area contributed by atoms with Gasteiger partial charge in [-0.3, -0.25) is 57.5 Å². The second-order valence-electron chi connectivity index (χ2n) is 26.8. The molecule has 1 aliphatic carbocycles. The fourth-order valence-corrected chi connectivity index (χ4v) is 13.9. The molecule has 3 heterocycles. The fourth-order valence-electron chi connectivity index (χ4n) is 12.9. The summed E-state index contributed by atoms with van der Waals surface area (Å²) in [5.41, 5.74) is 9.49. The lowest BCUT2D eigenvalue weighted by Crippen LogP contribution is -2.62. The Bertz CT molecular complexity index is 4390. The van der Waals surface area contributed by atoms with Crippen LogP contribution in [0.2, 0.25) is 0 Å². The number of aryl methyl sites for hydroxylation is 1. The Morgan fingerprint density at radius 2 is 1.17 bits per heavy atom. The lowest BCUT2D eigenvalue weighted by molar-refractivity contribution is -0.150. The Kier molecular flexibility index (Phi) is 27.2. The van der Waals surface area contributed by atoms with Gasteiger partial charge in [0, 0.05) is 107 Å². The molecule has 107 heavy (non-hydrogen) atoms. The van der Waals surface area contributed by atoms with Crippen LogP contribution in [-0.4, -0.2) is 241 Å². The number of carbonyl (C=O) groups is 12. The van der Waals surface area contributed by atoms with Crippen LogP contribution in [0.5, 0.6) is 11.5 Å². The highest BCUT2D eigenvalue weighted by molar-refractivity contribution is 8.00. The van der Waals surface area contributed by atoms with Gasteiger partial charge in [-0.2, -0.15) is 0 Å². The largest absolute Gasteiger partial charge is 0.508 e. The number of hydrogen-bond donors (Lipinski definition) is 14. The highest BCUT2D eigenvalue weighted by atomic mass is 32.2. The smallest absolute Gasteiger partial charge is 0.247 e. The lowest BCUT2D eigenvalue weighted by Gasteiger charge is -2.36. The van der Waals surface area contributed by atoms with Gasteiger partial charge in [-0.1, -0.05) is 72.8 Å². The summed E-state index contributed by atoms with van der Waals surface area (Å²) in [6.07, 6.45) is 2.81. The first kappa shape index (κ1) is 79.7. The highest BCUT2D eigenvalue weighted by Crippen LogP contribution is 2.35. The van der Waals surface area contributed by atoms with E-state index in [0.717, 1.165) is 50.4 Å². The van der Waals surface area contributed by atoms with Gasteiger partial charge in [0.1, 0.15) is 77.7 Å². The first-order chi connectivity index (χ1) is 51.1. The molecule has 15 N–H and O–H groups in total. The number of phenolic OH excluding ortho intramolecular Hbond substituents is 2. The van der Waals surface area contributed by atoms with Crippen LogP contribution in [0, 0.1) is 11.7 Å². The molecule has 12 amide bonds. The van der Waals surface area contributed by atoms with Crippen LogP contribution in [-0.2, 0) is 89.6 Å². The van der Waals surface area contributed by atoms with E-state index in [1.54, 1.807) is 66.9 Å². The number of aliphatic hydroxyl groups is 2. The van der Waals surface area contributed by atoms with E-state index < -0.39 is 169 Å². The number of aromatic nitrogens is 2. The third kappa shape index (κ3) is 20.8. The van der Waals surface area contributed by atoms with Crippen LogP contribution in [0.25, 0.3) is 21.8 Å². The van der Waals surface area contributed by atoms with Crippen molar-refractivity contribution in [1.29, 1.82) is 0 Å². The van der Waals surface area contributed by atoms with Crippen LogP contribution in [0.4, 0.5) is 4.39 Å². The van der Waals surface area contributed by atoms with Gasteiger partial charge in [0.25, 0.3) is 0 Å². The number of nitrogens with one attached hydrogen (secondary N) is 9. The number of phenols is 2. The van der Waals surface area contributed by atoms with E-state index in [2.05, 4.69) is 47.2 Å². The molecule has 32 heteroatoms. The van der Waals surface area contributed by atoms with Crippen molar-refractivity contribution in [2.45, 2.75) is 119 Å². The minimum Gasteiger partial charge on any atom is -0.508 e. The number of aromatic hydroxyl groups is 2. The molecular weight excluding hydrogens is 1400 g/mol. The van der Waals surface area contributed by atoms with Crippen LogP contribution in [0.3, 0.4) is 0 Å². The molecule has 0 spiro atoms. The molecule has 9 rings (SSSR count). The van der Waals surface area contributed by atoms with Gasteiger partial charge in [0.2, 0.25) is 70.9 Å². The quantitative estimate of drug-likeness (QED) is 0.0541. The van der Waals surface area contributed by atoms with E-state index in [9.17, 15) is 53.6 Å². The summed E-state index contributed by atoms with van der Waals surface area (Å²) in [4.78, 5) is 186. The molecule has 5 aromatic carbocycles. The number of thioether (sulfide) groups is 1. The molecule has 10 atom stereocenters. The number of aliphatic hydroxyl groups excluding tert-OH is 2. The Hall–Kier alpha value is -11.4. The third-order valence-electron chi connectivity index (χ3n) is 19.2. The Morgan fingerprint density at radius 3 is 1.79 bits per heavy atom. The number of para-hydroxylation sites is 1. The molecule has 2 aliphatic rings. The van der Waals surface area contributed by atoms with Gasteiger partial charge in [-0.05, 0) is 108 Å². The zero-order valence-electron chi connectivity index (χ0n) is 59.6. The SMILES string of the molecule is CC(=O)N[C@H]1CNC(=O)CSC[C@@H](C(=O)N(C)[C@@H](Cc2ccc(F)cc2)C(N)=O)N(C)C(=O)[C@H](C2CC2)NC(=O)[C@H](Cc2c[nH]c3ccccc23)NC(=O)[C@H](Cc2c[nH]c3ccc(O)cc23)NC(=O)[C@H](CO)N(C)C(=O)[C@H](CCc2ccccc2)N(C)C(=O)[C@H](CO)NC(=O)[C@H](Cc2ccc(O)cc2)NC1=O. The zero-order valence-corrected chi connectivity index (χ0v) is 60.4. The zero-order chi connectivity index (χ0) is 77.3.